The van der Waals surface area contributed by atoms with Gasteiger partial charge in [-0.05, 0) is 48.4 Å². The van der Waals surface area contributed by atoms with Crippen molar-refractivity contribution in [3.8, 4) is 11.5 Å². The van der Waals surface area contributed by atoms with Crippen LogP contribution in [0.3, 0.4) is 0 Å². The van der Waals surface area contributed by atoms with E-state index in [1.54, 1.807) is 25.6 Å². The van der Waals surface area contributed by atoms with Crippen molar-refractivity contribution in [1.82, 2.24) is 14.5 Å². The smallest absolute Gasteiger partial charge is 0.161 e. The summed E-state index contributed by atoms with van der Waals surface area (Å²) in [4.78, 5) is 9.51. The zero-order chi connectivity index (χ0) is 21.1. The number of fused-ring (bicyclic) bond motifs is 1. The molecule has 2 heterocycles. The van der Waals surface area contributed by atoms with Crippen LogP contribution in [-0.4, -0.2) is 35.3 Å². The van der Waals surface area contributed by atoms with Crippen molar-refractivity contribution in [2.24, 2.45) is 5.73 Å². The molecule has 7 heteroatoms. The van der Waals surface area contributed by atoms with E-state index in [-0.39, 0.29) is 6.04 Å². The molecule has 0 aliphatic carbocycles. The number of imidazole rings is 1. The quantitative estimate of drug-likeness (QED) is 0.460. The van der Waals surface area contributed by atoms with Gasteiger partial charge in [-0.25, -0.2) is 9.97 Å². The summed E-state index contributed by atoms with van der Waals surface area (Å²) in [5, 5.41) is 1.00. The van der Waals surface area contributed by atoms with Gasteiger partial charge in [0.05, 0.1) is 36.5 Å². The Balaban J connectivity index is 1.85. The number of rotatable bonds is 8. The lowest BCUT2D eigenvalue weighted by Crippen LogP contribution is -2.11. The number of ether oxygens (including phenoxy) is 2. The van der Waals surface area contributed by atoms with E-state index < -0.39 is 0 Å². The van der Waals surface area contributed by atoms with Crippen LogP contribution in [0.25, 0.3) is 10.2 Å². The fourth-order valence-electron chi connectivity index (χ4n) is 3.59. The predicted molar refractivity (Wildman–Crippen MR) is 121 cm³/mol. The Labute approximate surface area is 180 Å². The number of hydrogen-bond acceptors (Lipinski definition) is 6. The maximum absolute atomic E-state index is 5.73. The van der Waals surface area contributed by atoms with Crippen LogP contribution in [0.2, 0.25) is 0 Å². The monoisotopic (exact) mass is 422 g/mol. The van der Waals surface area contributed by atoms with Crippen LogP contribution in [0.5, 0.6) is 11.5 Å². The minimum atomic E-state index is -0.119. The second kappa shape index (κ2) is 8.85. The summed E-state index contributed by atoms with van der Waals surface area (Å²) in [7, 11) is 3.29. The summed E-state index contributed by atoms with van der Waals surface area (Å²) in [5.74, 6) is 1.39. The van der Waals surface area contributed by atoms with Crippen molar-refractivity contribution in [1.29, 1.82) is 0 Å². The Morgan fingerprint density at radius 2 is 1.93 bits per heavy atom. The standard InChI is InChI=1S/C23H26N4O2S/c1-4-15-5-7-18-21(11-15)30-23(26-18)22(27-13-17(9-10-24)25-14-27)16-6-8-19(28-2)20(12-16)29-3/h5-8,11-14,22H,4,9-10,24H2,1-3H3. The lowest BCUT2D eigenvalue weighted by Gasteiger charge is -2.18. The van der Waals surface area contributed by atoms with Gasteiger partial charge in [0, 0.05) is 12.6 Å². The molecule has 6 nitrogen and oxygen atoms in total. The van der Waals surface area contributed by atoms with E-state index in [9.17, 15) is 0 Å². The first-order valence-electron chi connectivity index (χ1n) is 10.0. The molecule has 0 saturated heterocycles. The average molecular weight is 423 g/mol. The van der Waals surface area contributed by atoms with Gasteiger partial charge in [-0.1, -0.05) is 19.1 Å². The van der Waals surface area contributed by atoms with E-state index >= 15 is 0 Å². The van der Waals surface area contributed by atoms with Crippen LogP contribution >= 0.6 is 11.3 Å². The normalized spacial score (nSPS) is 12.3. The maximum Gasteiger partial charge on any atom is 0.161 e. The van der Waals surface area contributed by atoms with Crippen LogP contribution in [0.1, 0.15) is 34.8 Å². The number of methoxy groups -OCH3 is 2. The third kappa shape index (κ3) is 3.91. The summed E-state index contributed by atoms with van der Waals surface area (Å²) >= 11 is 1.71. The lowest BCUT2D eigenvalue weighted by atomic mass is 10.1. The van der Waals surface area contributed by atoms with Gasteiger partial charge in [-0.15, -0.1) is 11.3 Å². The van der Waals surface area contributed by atoms with E-state index in [2.05, 4.69) is 46.9 Å². The number of aromatic nitrogens is 3. The second-order valence-electron chi connectivity index (χ2n) is 7.08. The van der Waals surface area contributed by atoms with Crippen molar-refractivity contribution in [3.63, 3.8) is 0 Å². The summed E-state index contributed by atoms with van der Waals surface area (Å²) < 4.78 is 14.3. The van der Waals surface area contributed by atoms with Crippen LogP contribution < -0.4 is 15.2 Å². The van der Waals surface area contributed by atoms with Gasteiger partial charge in [0.2, 0.25) is 0 Å². The molecule has 0 radical (unpaired) electrons. The molecule has 0 bridgehead atoms. The fraction of sp³-hybridized carbons (Fsp3) is 0.304. The highest BCUT2D eigenvalue weighted by Crippen LogP contribution is 2.37. The first-order chi connectivity index (χ1) is 14.7. The van der Waals surface area contributed by atoms with Crippen molar-refractivity contribution < 1.29 is 9.47 Å². The molecule has 1 unspecified atom stereocenters. The van der Waals surface area contributed by atoms with E-state index in [4.69, 9.17) is 20.2 Å². The molecule has 2 N–H and O–H groups in total. The molecule has 4 aromatic rings. The van der Waals surface area contributed by atoms with Crippen LogP contribution in [0, 0.1) is 0 Å². The van der Waals surface area contributed by atoms with Gasteiger partial charge in [-0.3, -0.25) is 0 Å². The minimum Gasteiger partial charge on any atom is -0.493 e. The third-order valence-electron chi connectivity index (χ3n) is 5.19. The number of thiazole rings is 1. The first-order valence-corrected chi connectivity index (χ1v) is 10.8. The molecule has 0 amide bonds. The minimum absolute atomic E-state index is 0.119. The van der Waals surface area contributed by atoms with E-state index in [1.807, 2.05) is 18.5 Å². The van der Waals surface area contributed by atoms with Crippen molar-refractivity contribution in [2.75, 3.05) is 20.8 Å². The van der Waals surface area contributed by atoms with E-state index in [1.165, 1.54) is 10.3 Å². The summed E-state index contributed by atoms with van der Waals surface area (Å²) in [6.45, 7) is 2.74. The molecule has 0 saturated carbocycles. The van der Waals surface area contributed by atoms with Crippen LogP contribution in [-0.2, 0) is 12.8 Å². The highest BCUT2D eigenvalue weighted by Gasteiger charge is 2.23. The molecule has 2 aromatic carbocycles. The molecule has 4 rings (SSSR count). The van der Waals surface area contributed by atoms with Gasteiger partial charge in [0.1, 0.15) is 11.0 Å². The number of hydrogen-bond donors (Lipinski definition) is 1. The number of nitrogens with zero attached hydrogens (tertiary/aromatic N) is 3. The maximum atomic E-state index is 5.73. The highest BCUT2D eigenvalue weighted by molar-refractivity contribution is 7.18. The number of nitrogens with two attached hydrogens (primary N) is 1. The first kappa shape index (κ1) is 20.4. The Morgan fingerprint density at radius 1 is 1.10 bits per heavy atom. The Morgan fingerprint density at radius 3 is 2.67 bits per heavy atom. The van der Waals surface area contributed by atoms with Crippen molar-refractivity contribution in [2.45, 2.75) is 25.8 Å². The fourth-order valence-corrected chi connectivity index (χ4v) is 4.75. The van der Waals surface area contributed by atoms with E-state index in [0.717, 1.165) is 34.6 Å². The van der Waals surface area contributed by atoms with Crippen molar-refractivity contribution >= 4 is 21.6 Å². The third-order valence-corrected chi connectivity index (χ3v) is 6.26. The van der Waals surface area contributed by atoms with Crippen LogP contribution in [0.15, 0.2) is 48.9 Å². The SMILES string of the molecule is CCc1ccc2nc(C(c3ccc(OC)c(OC)c3)n3cnc(CCN)c3)sc2c1. The summed E-state index contributed by atoms with van der Waals surface area (Å²) in [6.07, 6.45) is 5.66. The number of benzene rings is 2. The lowest BCUT2D eigenvalue weighted by molar-refractivity contribution is 0.354. The molecule has 0 fully saturated rings. The van der Waals surface area contributed by atoms with Crippen molar-refractivity contribution in [3.05, 3.63) is 70.8 Å². The molecule has 156 valence electrons. The zero-order valence-corrected chi connectivity index (χ0v) is 18.3. The van der Waals surface area contributed by atoms with E-state index in [0.29, 0.717) is 18.0 Å². The molecular weight excluding hydrogens is 396 g/mol. The molecular formula is C23H26N4O2S. The predicted octanol–water partition coefficient (Wildman–Crippen LogP) is 4.21. The van der Waals surface area contributed by atoms with Gasteiger partial charge in [0.25, 0.3) is 0 Å². The molecule has 0 aliphatic rings. The Hall–Kier alpha value is -2.90. The topological polar surface area (TPSA) is 75.2 Å². The highest BCUT2D eigenvalue weighted by atomic mass is 32.1. The Bertz CT molecular complexity index is 1150. The summed E-state index contributed by atoms with van der Waals surface area (Å²) in [6, 6.07) is 12.4. The largest absolute Gasteiger partial charge is 0.493 e. The van der Waals surface area contributed by atoms with Gasteiger partial charge in [-0.2, -0.15) is 0 Å². The van der Waals surface area contributed by atoms with Crippen LogP contribution in [0.4, 0.5) is 0 Å². The molecule has 1 atom stereocenters. The molecule has 0 aliphatic heterocycles. The molecule has 0 spiro atoms. The molecule has 2 aromatic heterocycles. The van der Waals surface area contributed by atoms with Gasteiger partial charge in [0.15, 0.2) is 11.5 Å². The second-order valence-corrected chi connectivity index (χ2v) is 8.14. The number of aryl methyl sites for hydroxylation is 1. The Kier molecular flexibility index (Phi) is 6.01. The summed E-state index contributed by atoms with van der Waals surface area (Å²) in [5.41, 5.74) is 10.1. The molecule has 30 heavy (non-hydrogen) atoms. The van der Waals surface area contributed by atoms with Gasteiger partial charge < -0.3 is 19.8 Å². The zero-order valence-electron chi connectivity index (χ0n) is 17.5. The average Bonchev–Trinajstić information content (AvgIpc) is 3.40. The van der Waals surface area contributed by atoms with Gasteiger partial charge >= 0.3 is 0 Å².